The molecule has 0 atom stereocenters. The van der Waals surface area contributed by atoms with Gasteiger partial charge in [0, 0.05) is 16.8 Å². The quantitative estimate of drug-likeness (QED) is 0.740. The van der Waals surface area contributed by atoms with E-state index in [1.165, 1.54) is 0 Å². The third kappa shape index (κ3) is 1.86. The molecule has 21 heavy (non-hydrogen) atoms. The number of rotatable bonds is 1. The van der Waals surface area contributed by atoms with Crippen LogP contribution in [0.1, 0.15) is 22.5 Å². The van der Waals surface area contributed by atoms with E-state index >= 15 is 0 Å². The van der Waals surface area contributed by atoms with Crippen LogP contribution in [-0.2, 0) is 0 Å². The number of nitrogen functional groups attached to an aromatic ring is 1. The number of pyridine rings is 1. The maximum atomic E-state index is 9.28. The highest BCUT2D eigenvalue weighted by molar-refractivity contribution is 5.87. The lowest BCUT2D eigenvalue weighted by atomic mass is 10.1. The minimum atomic E-state index is 0.475. The van der Waals surface area contributed by atoms with Crippen molar-refractivity contribution in [1.82, 2.24) is 9.55 Å². The Labute approximate surface area is 123 Å². The van der Waals surface area contributed by atoms with Crippen molar-refractivity contribution >= 4 is 16.7 Å². The SMILES string of the molecule is Cc1ccc2cccc(-n3c(C)c(C)c(C#N)c3N)c2n1. The number of fused-ring (bicyclic) bond motifs is 1. The molecule has 0 saturated carbocycles. The van der Waals surface area contributed by atoms with Crippen LogP contribution in [0.2, 0.25) is 0 Å². The van der Waals surface area contributed by atoms with Crippen LogP contribution >= 0.6 is 0 Å². The Kier molecular flexibility index (Phi) is 2.91. The van der Waals surface area contributed by atoms with Gasteiger partial charge in [-0.25, -0.2) is 0 Å². The number of nitrogens with two attached hydrogens (primary N) is 1. The third-order valence-electron chi connectivity index (χ3n) is 3.94. The molecule has 0 aliphatic heterocycles. The van der Waals surface area contributed by atoms with Gasteiger partial charge < -0.3 is 5.73 Å². The van der Waals surface area contributed by atoms with Crippen molar-refractivity contribution in [2.24, 2.45) is 0 Å². The van der Waals surface area contributed by atoms with Gasteiger partial charge in [0.1, 0.15) is 11.9 Å². The van der Waals surface area contributed by atoms with Gasteiger partial charge in [0.2, 0.25) is 0 Å². The molecule has 2 N–H and O–H groups in total. The standard InChI is InChI=1S/C17H16N4/c1-10-7-8-13-5-4-6-15(16(13)20-10)21-12(3)11(2)14(9-18)17(21)19/h4-8H,19H2,1-3H3. The summed E-state index contributed by atoms with van der Waals surface area (Å²) in [5.74, 6) is 0.475. The Morgan fingerprint density at radius 3 is 2.57 bits per heavy atom. The molecule has 1 aromatic carbocycles. The second-order valence-corrected chi connectivity index (χ2v) is 5.22. The Hall–Kier alpha value is -2.80. The molecule has 2 aromatic heterocycles. The lowest BCUT2D eigenvalue weighted by Crippen LogP contribution is -2.04. The third-order valence-corrected chi connectivity index (χ3v) is 3.94. The van der Waals surface area contributed by atoms with Gasteiger partial charge in [-0.05, 0) is 38.5 Å². The second-order valence-electron chi connectivity index (χ2n) is 5.22. The monoisotopic (exact) mass is 276 g/mol. The van der Waals surface area contributed by atoms with Crippen LogP contribution in [0.25, 0.3) is 16.6 Å². The topological polar surface area (TPSA) is 67.6 Å². The number of aromatic nitrogens is 2. The second kappa shape index (κ2) is 4.64. The van der Waals surface area contributed by atoms with E-state index in [1.807, 2.05) is 55.7 Å². The highest BCUT2D eigenvalue weighted by atomic mass is 15.1. The van der Waals surface area contributed by atoms with Gasteiger partial charge in [0.05, 0.1) is 16.8 Å². The van der Waals surface area contributed by atoms with Crippen molar-refractivity contribution in [3.8, 4) is 11.8 Å². The zero-order chi connectivity index (χ0) is 15.1. The molecule has 0 unspecified atom stereocenters. The fourth-order valence-corrected chi connectivity index (χ4v) is 2.69. The normalized spacial score (nSPS) is 10.8. The van der Waals surface area contributed by atoms with Crippen molar-refractivity contribution in [3.63, 3.8) is 0 Å². The fraction of sp³-hybridized carbons (Fsp3) is 0.176. The summed E-state index contributed by atoms with van der Waals surface area (Å²) in [6.07, 6.45) is 0. The van der Waals surface area contributed by atoms with Crippen LogP contribution in [0.15, 0.2) is 30.3 Å². The summed E-state index contributed by atoms with van der Waals surface area (Å²) in [7, 11) is 0. The summed E-state index contributed by atoms with van der Waals surface area (Å²) < 4.78 is 1.92. The Bertz CT molecular complexity index is 897. The van der Waals surface area contributed by atoms with E-state index < -0.39 is 0 Å². The molecule has 104 valence electrons. The number of hydrogen-bond acceptors (Lipinski definition) is 3. The summed E-state index contributed by atoms with van der Waals surface area (Å²) in [5, 5.41) is 10.3. The van der Waals surface area contributed by atoms with Gasteiger partial charge in [-0.3, -0.25) is 9.55 Å². The zero-order valence-corrected chi connectivity index (χ0v) is 12.3. The van der Waals surface area contributed by atoms with Crippen LogP contribution in [0, 0.1) is 32.1 Å². The van der Waals surface area contributed by atoms with Crippen LogP contribution in [-0.4, -0.2) is 9.55 Å². The summed E-state index contributed by atoms with van der Waals surface area (Å²) >= 11 is 0. The van der Waals surface area contributed by atoms with Crippen molar-refractivity contribution in [2.45, 2.75) is 20.8 Å². The number of anilines is 1. The predicted octanol–water partition coefficient (Wildman–Crippen LogP) is 3.40. The van der Waals surface area contributed by atoms with Crippen molar-refractivity contribution in [1.29, 1.82) is 5.26 Å². The number of aryl methyl sites for hydroxylation is 1. The maximum absolute atomic E-state index is 9.28. The first-order valence-corrected chi connectivity index (χ1v) is 6.79. The molecule has 0 bridgehead atoms. The van der Waals surface area contributed by atoms with Crippen LogP contribution in [0.3, 0.4) is 0 Å². The van der Waals surface area contributed by atoms with E-state index in [-0.39, 0.29) is 0 Å². The number of hydrogen-bond donors (Lipinski definition) is 1. The van der Waals surface area contributed by atoms with Gasteiger partial charge in [0.25, 0.3) is 0 Å². The molecular formula is C17H16N4. The molecule has 0 amide bonds. The van der Waals surface area contributed by atoms with E-state index in [4.69, 9.17) is 5.73 Å². The number of nitrogens with zero attached hydrogens (tertiary/aromatic N) is 3. The number of nitriles is 1. The van der Waals surface area contributed by atoms with Crippen LogP contribution < -0.4 is 5.73 Å². The molecule has 0 spiro atoms. The Balaban J connectivity index is 2.42. The molecule has 4 heteroatoms. The maximum Gasteiger partial charge on any atom is 0.126 e. The smallest absolute Gasteiger partial charge is 0.126 e. The average Bonchev–Trinajstić information content (AvgIpc) is 2.68. The van der Waals surface area contributed by atoms with E-state index in [1.54, 1.807) is 0 Å². The molecule has 0 aliphatic carbocycles. The first-order valence-electron chi connectivity index (χ1n) is 6.79. The molecule has 0 aliphatic rings. The van der Waals surface area contributed by atoms with E-state index in [0.717, 1.165) is 33.5 Å². The van der Waals surface area contributed by atoms with Crippen molar-refractivity contribution < 1.29 is 0 Å². The molecule has 0 saturated heterocycles. The zero-order valence-electron chi connectivity index (χ0n) is 12.3. The van der Waals surface area contributed by atoms with Gasteiger partial charge in [0.15, 0.2) is 0 Å². The van der Waals surface area contributed by atoms with Crippen molar-refractivity contribution in [3.05, 3.63) is 52.8 Å². The van der Waals surface area contributed by atoms with E-state index in [2.05, 4.69) is 11.1 Å². The van der Waals surface area contributed by atoms with Gasteiger partial charge >= 0.3 is 0 Å². The number of benzene rings is 1. The summed E-state index contributed by atoms with van der Waals surface area (Å²) in [6, 6.07) is 12.2. The highest BCUT2D eigenvalue weighted by Crippen LogP contribution is 2.30. The summed E-state index contributed by atoms with van der Waals surface area (Å²) in [6.45, 7) is 5.86. The Morgan fingerprint density at radius 1 is 1.14 bits per heavy atom. The minimum absolute atomic E-state index is 0.475. The average molecular weight is 276 g/mol. The minimum Gasteiger partial charge on any atom is -0.384 e. The van der Waals surface area contributed by atoms with Crippen LogP contribution in [0.5, 0.6) is 0 Å². The molecule has 2 heterocycles. The lowest BCUT2D eigenvalue weighted by molar-refractivity contribution is 1.02. The van der Waals surface area contributed by atoms with Gasteiger partial charge in [-0.2, -0.15) is 5.26 Å². The van der Waals surface area contributed by atoms with E-state index in [9.17, 15) is 5.26 Å². The van der Waals surface area contributed by atoms with Crippen molar-refractivity contribution in [2.75, 3.05) is 5.73 Å². The molecular weight excluding hydrogens is 260 g/mol. The molecule has 0 fully saturated rings. The van der Waals surface area contributed by atoms with E-state index in [0.29, 0.717) is 11.4 Å². The van der Waals surface area contributed by atoms with Gasteiger partial charge in [-0.1, -0.05) is 18.2 Å². The van der Waals surface area contributed by atoms with Crippen LogP contribution in [0.4, 0.5) is 5.82 Å². The molecule has 3 rings (SSSR count). The molecule has 4 nitrogen and oxygen atoms in total. The largest absolute Gasteiger partial charge is 0.384 e. The number of para-hydroxylation sites is 1. The summed E-state index contributed by atoms with van der Waals surface area (Å²) in [4.78, 5) is 4.64. The highest BCUT2D eigenvalue weighted by Gasteiger charge is 2.18. The summed E-state index contributed by atoms with van der Waals surface area (Å²) in [5.41, 5.74) is 11.4. The first kappa shape index (κ1) is 13.2. The predicted molar refractivity (Wildman–Crippen MR) is 84.4 cm³/mol. The lowest BCUT2D eigenvalue weighted by Gasteiger charge is -2.12. The van der Waals surface area contributed by atoms with Gasteiger partial charge in [-0.15, -0.1) is 0 Å². The fourth-order valence-electron chi connectivity index (χ4n) is 2.69. The first-order chi connectivity index (χ1) is 10.0. The Morgan fingerprint density at radius 2 is 1.90 bits per heavy atom. The molecule has 0 radical (unpaired) electrons. The molecule has 3 aromatic rings.